The number of aromatic nitrogens is 1. The predicted octanol–water partition coefficient (Wildman–Crippen LogP) is 6.81. The van der Waals surface area contributed by atoms with Gasteiger partial charge >= 0.3 is 12.2 Å². The number of halogens is 3. The molecular weight excluding hydrogens is 479 g/mol. The number of amides is 2. The number of nitrogens with one attached hydrogen (secondary N) is 1. The Morgan fingerprint density at radius 2 is 1.84 bits per heavy atom. The van der Waals surface area contributed by atoms with Crippen LogP contribution in [0.15, 0.2) is 78.5 Å². The lowest BCUT2D eigenvalue weighted by Crippen LogP contribution is -2.45. The number of alkyl halides is 3. The third-order valence-corrected chi connectivity index (χ3v) is 7.18. The van der Waals surface area contributed by atoms with Crippen molar-refractivity contribution in [3.8, 4) is 11.6 Å². The molecule has 0 radical (unpaired) electrons. The Kier molecular flexibility index (Phi) is 6.67. The minimum absolute atomic E-state index is 0.000741. The Morgan fingerprint density at radius 1 is 1.08 bits per heavy atom. The highest BCUT2D eigenvalue weighted by Crippen LogP contribution is 2.48. The molecule has 1 N–H and O–H groups in total. The van der Waals surface area contributed by atoms with Crippen molar-refractivity contribution in [2.45, 2.75) is 43.8 Å². The average molecular weight is 508 g/mol. The summed E-state index contributed by atoms with van der Waals surface area (Å²) >= 11 is 0. The molecule has 3 aromatic rings. The zero-order chi connectivity index (χ0) is 26.0. The minimum Gasteiger partial charge on any atom is -0.439 e. The normalized spacial score (nSPS) is 21.4. The molecule has 2 aromatic carbocycles. The molecule has 2 atom stereocenters. The molecule has 1 saturated carbocycles. The Bertz CT molecular complexity index is 1280. The van der Waals surface area contributed by atoms with Crippen LogP contribution >= 0.6 is 0 Å². The van der Waals surface area contributed by atoms with E-state index < -0.39 is 11.7 Å². The van der Waals surface area contributed by atoms with E-state index in [0.29, 0.717) is 18.8 Å². The molecule has 2 fully saturated rings. The fourth-order valence-corrected chi connectivity index (χ4v) is 4.73. The topological polar surface area (TPSA) is 54.5 Å². The van der Waals surface area contributed by atoms with Crippen molar-refractivity contribution in [3.63, 3.8) is 0 Å². The standard InChI is InChI=1S/C29H28F3N3O2/c1-28(22-7-3-2-4-8-22)18-25(28)34-27(36)35-14-12-20(13-15-35)16-21-6-5-9-24(17-21)37-26-11-10-23(19-33-26)29(30,31)32/h2-11,16-17,19,25H,12-15,18H2,1H3,(H,34,36). The van der Waals surface area contributed by atoms with Crippen molar-refractivity contribution in [1.82, 2.24) is 15.2 Å². The molecule has 0 bridgehead atoms. The third kappa shape index (κ3) is 5.79. The van der Waals surface area contributed by atoms with Gasteiger partial charge < -0.3 is 15.0 Å². The molecule has 1 aliphatic heterocycles. The summed E-state index contributed by atoms with van der Waals surface area (Å²) in [5.74, 6) is 0.584. The van der Waals surface area contributed by atoms with Crippen LogP contribution in [0.25, 0.3) is 6.08 Å². The highest BCUT2D eigenvalue weighted by molar-refractivity contribution is 5.76. The maximum Gasteiger partial charge on any atom is 0.417 e. The lowest BCUT2D eigenvalue weighted by atomic mass is 9.97. The van der Waals surface area contributed by atoms with Crippen LogP contribution < -0.4 is 10.1 Å². The number of carbonyl (C=O) groups excluding carboxylic acids is 1. The molecular formula is C29H28F3N3O2. The fraction of sp³-hybridized carbons (Fsp3) is 0.310. The summed E-state index contributed by atoms with van der Waals surface area (Å²) in [7, 11) is 0. The number of piperidine rings is 1. The summed E-state index contributed by atoms with van der Waals surface area (Å²) in [6.07, 6.45) is 0.905. The molecule has 2 aliphatic rings. The second-order valence-electron chi connectivity index (χ2n) is 9.84. The Labute approximate surface area is 214 Å². The summed E-state index contributed by atoms with van der Waals surface area (Å²) in [6.45, 7) is 3.49. The van der Waals surface area contributed by atoms with Crippen LogP contribution in [0.3, 0.4) is 0 Å². The zero-order valence-electron chi connectivity index (χ0n) is 20.5. The first-order valence-corrected chi connectivity index (χ1v) is 12.3. The second kappa shape index (κ2) is 9.92. The van der Waals surface area contributed by atoms with Gasteiger partial charge in [0.1, 0.15) is 5.75 Å². The van der Waals surface area contributed by atoms with Crippen LogP contribution in [0.2, 0.25) is 0 Å². The number of urea groups is 1. The predicted molar refractivity (Wildman–Crippen MR) is 135 cm³/mol. The Balaban J connectivity index is 1.14. The minimum atomic E-state index is -4.44. The number of hydrogen-bond acceptors (Lipinski definition) is 3. The van der Waals surface area contributed by atoms with Gasteiger partial charge in [0.15, 0.2) is 0 Å². The van der Waals surface area contributed by atoms with Crippen LogP contribution in [0.5, 0.6) is 11.6 Å². The molecule has 8 heteroatoms. The molecule has 2 heterocycles. The number of benzene rings is 2. The van der Waals surface area contributed by atoms with Crippen molar-refractivity contribution in [1.29, 1.82) is 0 Å². The van der Waals surface area contributed by atoms with E-state index in [0.717, 1.165) is 37.1 Å². The number of carbonyl (C=O) groups is 1. The van der Waals surface area contributed by atoms with Crippen molar-refractivity contribution in [3.05, 3.63) is 95.2 Å². The first-order chi connectivity index (χ1) is 17.7. The lowest BCUT2D eigenvalue weighted by Gasteiger charge is -2.29. The van der Waals surface area contributed by atoms with Crippen molar-refractivity contribution in [2.75, 3.05) is 13.1 Å². The molecule has 0 spiro atoms. The van der Waals surface area contributed by atoms with Crippen LogP contribution in [-0.4, -0.2) is 35.0 Å². The highest BCUT2D eigenvalue weighted by Gasteiger charge is 2.52. The molecule has 37 heavy (non-hydrogen) atoms. The molecule has 5 rings (SSSR count). The Morgan fingerprint density at radius 3 is 2.51 bits per heavy atom. The number of nitrogens with zero attached hydrogens (tertiary/aromatic N) is 2. The highest BCUT2D eigenvalue weighted by atomic mass is 19.4. The number of rotatable bonds is 5. The van der Waals surface area contributed by atoms with E-state index in [1.807, 2.05) is 41.3 Å². The van der Waals surface area contributed by atoms with Crippen LogP contribution in [0.4, 0.5) is 18.0 Å². The first kappa shape index (κ1) is 24.9. The monoisotopic (exact) mass is 507 g/mol. The SMILES string of the molecule is CC1(c2ccccc2)CC1NC(=O)N1CCC(=Cc2cccc(Oc3ccc(C(F)(F)F)cn3)c2)CC1. The van der Waals surface area contributed by atoms with E-state index in [1.165, 1.54) is 17.2 Å². The summed E-state index contributed by atoms with van der Waals surface area (Å²) in [5.41, 5.74) is 2.59. The van der Waals surface area contributed by atoms with Gasteiger partial charge in [-0.05, 0) is 48.6 Å². The van der Waals surface area contributed by atoms with Crippen molar-refractivity contribution >= 4 is 12.1 Å². The summed E-state index contributed by atoms with van der Waals surface area (Å²) in [4.78, 5) is 18.5. The largest absolute Gasteiger partial charge is 0.439 e. The fourth-order valence-electron chi connectivity index (χ4n) is 4.73. The second-order valence-corrected chi connectivity index (χ2v) is 9.84. The maximum absolute atomic E-state index is 12.8. The molecule has 1 aromatic heterocycles. The lowest BCUT2D eigenvalue weighted by molar-refractivity contribution is -0.137. The van der Waals surface area contributed by atoms with Gasteiger partial charge in [-0.2, -0.15) is 13.2 Å². The van der Waals surface area contributed by atoms with E-state index in [-0.39, 0.29) is 23.4 Å². The quantitative estimate of drug-likeness (QED) is 0.413. The van der Waals surface area contributed by atoms with Gasteiger partial charge in [-0.1, -0.05) is 61.0 Å². The maximum atomic E-state index is 12.8. The number of likely N-dealkylation sites (tertiary alicyclic amines) is 1. The average Bonchev–Trinajstić information content (AvgIpc) is 3.55. The van der Waals surface area contributed by atoms with Gasteiger partial charge in [-0.15, -0.1) is 0 Å². The smallest absolute Gasteiger partial charge is 0.417 e. The number of ether oxygens (including phenoxy) is 1. The van der Waals surface area contributed by atoms with Gasteiger partial charge in [-0.25, -0.2) is 9.78 Å². The Hall–Kier alpha value is -3.81. The molecule has 2 amide bonds. The van der Waals surface area contributed by atoms with E-state index in [1.54, 1.807) is 6.07 Å². The van der Waals surface area contributed by atoms with Gasteiger partial charge in [0.25, 0.3) is 0 Å². The van der Waals surface area contributed by atoms with Gasteiger partial charge in [0, 0.05) is 36.8 Å². The van der Waals surface area contributed by atoms with E-state index in [2.05, 4.69) is 35.4 Å². The zero-order valence-corrected chi connectivity index (χ0v) is 20.5. The van der Waals surface area contributed by atoms with Gasteiger partial charge in [0.2, 0.25) is 5.88 Å². The summed E-state index contributed by atoms with van der Waals surface area (Å²) in [5, 5.41) is 3.20. The number of pyridine rings is 1. The van der Waals surface area contributed by atoms with Crippen molar-refractivity contribution in [2.24, 2.45) is 0 Å². The summed E-state index contributed by atoms with van der Waals surface area (Å²) in [6, 6.07) is 19.9. The van der Waals surface area contributed by atoms with Crippen LogP contribution in [0, 0.1) is 0 Å². The summed E-state index contributed by atoms with van der Waals surface area (Å²) < 4.78 is 43.8. The molecule has 2 unspecified atom stereocenters. The first-order valence-electron chi connectivity index (χ1n) is 12.3. The number of hydrogen-bond donors (Lipinski definition) is 1. The van der Waals surface area contributed by atoms with E-state index in [4.69, 9.17) is 4.74 Å². The molecule has 1 saturated heterocycles. The third-order valence-electron chi connectivity index (χ3n) is 7.18. The molecule has 192 valence electrons. The van der Waals surface area contributed by atoms with E-state index in [9.17, 15) is 18.0 Å². The van der Waals surface area contributed by atoms with Gasteiger partial charge in [-0.3, -0.25) is 0 Å². The van der Waals surface area contributed by atoms with Crippen LogP contribution in [0.1, 0.15) is 42.9 Å². The van der Waals surface area contributed by atoms with Crippen molar-refractivity contribution < 1.29 is 22.7 Å². The van der Waals surface area contributed by atoms with Gasteiger partial charge in [0.05, 0.1) is 5.56 Å². The van der Waals surface area contributed by atoms with E-state index >= 15 is 0 Å². The molecule has 5 nitrogen and oxygen atoms in total. The van der Waals surface area contributed by atoms with Crippen LogP contribution in [-0.2, 0) is 11.6 Å². The molecule has 1 aliphatic carbocycles.